The molecule has 0 aliphatic heterocycles. The SMILES string of the molecule is O=CCCCOCCOCCO. The maximum Gasteiger partial charge on any atom is 0.120 e. The van der Waals surface area contributed by atoms with Crippen LogP contribution < -0.4 is 0 Å². The molecule has 0 aromatic carbocycles. The molecule has 1 N–H and O–H groups in total. The van der Waals surface area contributed by atoms with Gasteiger partial charge < -0.3 is 19.4 Å². The minimum atomic E-state index is 0.0468. The van der Waals surface area contributed by atoms with Crippen LogP contribution in [-0.2, 0) is 14.3 Å². The van der Waals surface area contributed by atoms with E-state index in [1.54, 1.807) is 0 Å². The molecule has 0 amide bonds. The summed E-state index contributed by atoms with van der Waals surface area (Å²) in [6, 6.07) is 0. The van der Waals surface area contributed by atoms with Gasteiger partial charge in [-0.2, -0.15) is 0 Å². The Hall–Kier alpha value is -0.450. The van der Waals surface area contributed by atoms with E-state index in [0.29, 0.717) is 32.8 Å². The van der Waals surface area contributed by atoms with Crippen molar-refractivity contribution in [2.24, 2.45) is 0 Å². The van der Waals surface area contributed by atoms with Crippen molar-refractivity contribution < 1.29 is 19.4 Å². The van der Waals surface area contributed by atoms with Gasteiger partial charge in [0.25, 0.3) is 0 Å². The molecule has 4 nitrogen and oxygen atoms in total. The molecule has 0 unspecified atom stereocenters. The molecule has 0 aromatic heterocycles. The van der Waals surface area contributed by atoms with Crippen molar-refractivity contribution in [3.63, 3.8) is 0 Å². The van der Waals surface area contributed by atoms with Crippen molar-refractivity contribution in [1.29, 1.82) is 0 Å². The van der Waals surface area contributed by atoms with Crippen LogP contribution >= 0.6 is 0 Å². The topological polar surface area (TPSA) is 55.8 Å². The highest BCUT2D eigenvalue weighted by Crippen LogP contribution is 1.86. The Kier molecular flexibility index (Phi) is 10.2. The van der Waals surface area contributed by atoms with Gasteiger partial charge in [-0.25, -0.2) is 0 Å². The van der Waals surface area contributed by atoms with E-state index in [1.165, 1.54) is 0 Å². The molecule has 0 fully saturated rings. The summed E-state index contributed by atoms with van der Waals surface area (Å²) in [4.78, 5) is 9.87. The number of aldehydes is 1. The first kappa shape index (κ1) is 11.6. The number of aliphatic hydroxyl groups excluding tert-OH is 1. The van der Waals surface area contributed by atoms with E-state index in [1.807, 2.05) is 0 Å². The van der Waals surface area contributed by atoms with Crippen molar-refractivity contribution in [2.45, 2.75) is 12.8 Å². The fourth-order valence-corrected chi connectivity index (χ4v) is 0.655. The van der Waals surface area contributed by atoms with Gasteiger partial charge in [0.1, 0.15) is 6.29 Å². The van der Waals surface area contributed by atoms with Gasteiger partial charge in [-0.15, -0.1) is 0 Å². The molecule has 0 radical (unpaired) electrons. The lowest BCUT2D eigenvalue weighted by Gasteiger charge is -2.02. The van der Waals surface area contributed by atoms with Crippen LogP contribution in [-0.4, -0.2) is 44.4 Å². The van der Waals surface area contributed by atoms with Crippen LogP contribution in [0.15, 0.2) is 0 Å². The van der Waals surface area contributed by atoms with Crippen molar-refractivity contribution in [2.75, 3.05) is 33.0 Å². The maximum absolute atomic E-state index is 9.87. The first-order valence-corrected chi connectivity index (χ1v) is 4.11. The Morgan fingerprint density at radius 2 is 1.75 bits per heavy atom. The molecular weight excluding hydrogens is 160 g/mol. The lowest BCUT2D eigenvalue weighted by atomic mass is 10.3. The van der Waals surface area contributed by atoms with Gasteiger partial charge in [0.2, 0.25) is 0 Å². The highest BCUT2D eigenvalue weighted by molar-refractivity contribution is 5.48. The first-order valence-electron chi connectivity index (χ1n) is 4.11. The van der Waals surface area contributed by atoms with Gasteiger partial charge in [-0.3, -0.25) is 0 Å². The van der Waals surface area contributed by atoms with Gasteiger partial charge in [0, 0.05) is 13.0 Å². The van der Waals surface area contributed by atoms with E-state index in [2.05, 4.69) is 0 Å². The smallest absolute Gasteiger partial charge is 0.120 e. The molecule has 0 aromatic rings. The highest BCUT2D eigenvalue weighted by atomic mass is 16.5. The van der Waals surface area contributed by atoms with E-state index in [0.717, 1.165) is 12.7 Å². The zero-order chi connectivity index (χ0) is 9.07. The van der Waals surface area contributed by atoms with E-state index in [-0.39, 0.29) is 6.61 Å². The zero-order valence-electron chi connectivity index (χ0n) is 7.20. The van der Waals surface area contributed by atoms with Gasteiger partial charge >= 0.3 is 0 Å². The fourth-order valence-electron chi connectivity index (χ4n) is 0.655. The molecule has 4 heteroatoms. The molecule has 0 heterocycles. The molecule has 0 saturated carbocycles. The van der Waals surface area contributed by atoms with Gasteiger partial charge in [0.15, 0.2) is 0 Å². The number of hydrogen-bond acceptors (Lipinski definition) is 4. The molecule has 0 atom stereocenters. The molecule has 0 spiro atoms. The lowest BCUT2D eigenvalue weighted by molar-refractivity contribution is -0.108. The Labute approximate surface area is 72.5 Å². The van der Waals surface area contributed by atoms with E-state index in [9.17, 15) is 4.79 Å². The Bertz CT molecular complexity index is 95.1. The number of carbonyl (C=O) groups is 1. The van der Waals surface area contributed by atoms with E-state index in [4.69, 9.17) is 14.6 Å². The summed E-state index contributed by atoms with van der Waals surface area (Å²) >= 11 is 0. The molecule has 0 aliphatic carbocycles. The lowest BCUT2D eigenvalue weighted by Crippen LogP contribution is -2.07. The van der Waals surface area contributed by atoms with Crippen LogP contribution in [0.25, 0.3) is 0 Å². The number of hydrogen-bond donors (Lipinski definition) is 1. The molecule has 0 saturated heterocycles. The van der Waals surface area contributed by atoms with E-state index < -0.39 is 0 Å². The van der Waals surface area contributed by atoms with Crippen LogP contribution in [0.1, 0.15) is 12.8 Å². The van der Waals surface area contributed by atoms with Crippen molar-refractivity contribution in [3.8, 4) is 0 Å². The number of rotatable bonds is 9. The highest BCUT2D eigenvalue weighted by Gasteiger charge is 1.89. The summed E-state index contributed by atoms with van der Waals surface area (Å²) in [6.07, 6.45) is 2.20. The summed E-state index contributed by atoms with van der Waals surface area (Å²) in [5.74, 6) is 0. The van der Waals surface area contributed by atoms with E-state index >= 15 is 0 Å². The molecule has 0 bridgehead atoms. The second-order valence-electron chi connectivity index (χ2n) is 2.26. The second kappa shape index (κ2) is 10.6. The Morgan fingerprint density at radius 1 is 1.08 bits per heavy atom. The fraction of sp³-hybridized carbons (Fsp3) is 0.875. The van der Waals surface area contributed by atoms with Crippen molar-refractivity contribution in [1.82, 2.24) is 0 Å². The van der Waals surface area contributed by atoms with Crippen LogP contribution in [0.4, 0.5) is 0 Å². The average molecular weight is 176 g/mol. The summed E-state index contributed by atoms with van der Waals surface area (Å²) < 4.78 is 10.1. The average Bonchev–Trinajstić information content (AvgIpc) is 2.10. The third-order valence-electron chi connectivity index (χ3n) is 1.22. The zero-order valence-corrected chi connectivity index (χ0v) is 7.20. The molecule has 0 aliphatic rings. The van der Waals surface area contributed by atoms with Gasteiger partial charge in [-0.1, -0.05) is 0 Å². The predicted octanol–water partition coefficient (Wildman–Crippen LogP) is -0.00900. The first-order chi connectivity index (χ1) is 5.91. The standard InChI is InChI=1S/C8H16O4/c9-3-1-2-5-11-7-8-12-6-4-10/h3,10H,1-2,4-8H2. The minimum absolute atomic E-state index is 0.0468. The summed E-state index contributed by atoms with van der Waals surface area (Å²) in [7, 11) is 0. The predicted molar refractivity (Wildman–Crippen MR) is 44.0 cm³/mol. The number of unbranched alkanes of at least 4 members (excludes halogenated alkanes) is 1. The van der Waals surface area contributed by atoms with Gasteiger partial charge in [-0.05, 0) is 6.42 Å². The summed E-state index contributed by atoms with van der Waals surface area (Å²) in [5.41, 5.74) is 0. The molecular formula is C8H16O4. The normalized spacial score (nSPS) is 10.1. The number of carbonyl (C=O) groups excluding carboxylic acids is 1. The summed E-state index contributed by atoms with van der Waals surface area (Å²) in [5, 5.41) is 8.33. The Balaban J connectivity index is 2.77. The second-order valence-corrected chi connectivity index (χ2v) is 2.26. The van der Waals surface area contributed by atoms with Gasteiger partial charge in [0.05, 0.1) is 26.4 Å². The maximum atomic E-state index is 9.87. The molecule has 12 heavy (non-hydrogen) atoms. The number of ether oxygens (including phenoxy) is 2. The van der Waals surface area contributed by atoms with Crippen LogP contribution in [0.3, 0.4) is 0 Å². The van der Waals surface area contributed by atoms with Crippen LogP contribution in [0, 0.1) is 0 Å². The third kappa shape index (κ3) is 9.55. The van der Waals surface area contributed by atoms with Crippen molar-refractivity contribution in [3.05, 3.63) is 0 Å². The third-order valence-corrected chi connectivity index (χ3v) is 1.22. The summed E-state index contributed by atoms with van der Waals surface area (Å²) in [6.45, 7) is 2.03. The number of aliphatic hydroxyl groups is 1. The monoisotopic (exact) mass is 176 g/mol. The van der Waals surface area contributed by atoms with Crippen LogP contribution in [0.2, 0.25) is 0 Å². The molecule has 0 rings (SSSR count). The van der Waals surface area contributed by atoms with Crippen LogP contribution in [0.5, 0.6) is 0 Å². The van der Waals surface area contributed by atoms with Crippen molar-refractivity contribution >= 4 is 6.29 Å². The Morgan fingerprint density at radius 3 is 2.33 bits per heavy atom. The minimum Gasteiger partial charge on any atom is -0.394 e. The quantitative estimate of drug-likeness (QED) is 0.396. The molecule has 72 valence electrons. The largest absolute Gasteiger partial charge is 0.394 e.